The molecule has 1 atom stereocenters. The van der Waals surface area contributed by atoms with Crippen molar-refractivity contribution in [2.24, 2.45) is 0 Å². The lowest BCUT2D eigenvalue weighted by Gasteiger charge is -2.35. The number of pyridine rings is 1. The van der Waals surface area contributed by atoms with Crippen LogP contribution in [0.1, 0.15) is 45.6 Å². The van der Waals surface area contributed by atoms with E-state index in [1.807, 2.05) is 37.8 Å². The number of nitrogens with zero attached hydrogens (tertiary/aromatic N) is 2. The maximum atomic E-state index is 12.5. The Kier molecular flexibility index (Phi) is 6.56. The van der Waals surface area contributed by atoms with Crippen LogP contribution in [0.5, 0.6) is 0 Å². The highest BCUT2D eigenvalue weighted by molar-refractivity contribution is 5.92. The Balaban J connectivity index is 1.92. The molecule has 0 aliphatic carbocycles. The van der Waals surface area contributed by atoms with Crippen LogP contribution in [0.2, 0.25) is 0 Å². The summed E-state index contributed by atoms with van der Waals surface area (Å²) in [7, 11) is 0. The summed E-state index contributed by atoms with van der Waals surface area (Å²) in [6.07, 6.45) is 9.21. The molecule has 1 unspecified atom stereocenters. The fourth-order valence-electron chi connectivity index (χ4n) is 2.76. The lowest BCUT2D eigenvalue weighted by Crippen LogP contribution is -2.49. The van der Waals surface area contributed by atoms with E-state index in [1.165, 1.54) is 0 Å². The molecule has 0 saturated carbocycles. The summed E-state index contributed by atoms with van der Waals surface area (Å²) in [6.45, 7) is 6.59. The number of hydrogen-bond acceptors (Lipinski definition) is 4. The molecule has 2 amide bonds. The number of alkyl carbamates (subject to hydrolysis) is 1. The van der Waals surface area contributed by atoms with E-state index in [2.05, 4.69) is 10.3 Å². The number of carbonyl (C=O) groups excluding carboxylic acids is 2. The molecule has 0 radical (unpaired) electrons. The Morgan fingerprint density at radius 3 is 2.88 bits per heavy atom. The normalized spacial score (nSPS) is 18.2. The van der Waals surface area contributed by atoms with Gasteiger partial charge in [-0.15, -0.1) is 0 Å². The molecule has 1 N–H and O–H groups in total. The van der Waals surface area contributed by atoms with Crippen LogP contribution in [0.4, 0.5) is 4.79 Å². The van der Waals surface area contributed by atoms with Gasteiger partial charge >= 0.3 is 6.09 Å². The van der Waals surface area contributed by atoms with Crippen LogP contribution in [-0.4, -0.2) is 46.6 Å². The van der Waals surface area contributed by atoms with Gasteiger partial charge < -0.3 is 15.0 Å². The van der Waals surface area contributed by atoms with Gasteiger partial charge in [-0.3, -0.25) is 9.78 Å². The molecule has 0 bridgehead atoms. The van der Waals surface area contributed by atoms with Crippen molar-refractivity contribution in [1.29, 1.82) is 0 Å². The van der Waals surface area contributed by atoms with Crippen LogP contribution < -0.4 is 5.32 Å². The molecule has 1 aromatic heterocycles. The zero-order chi connectivity index (χ0) is 18.3. The van der Waals surface area contributed by atoms with Crippen molar-refractivity contribution in [3.8, 4) is 0 Å². The summed E-state index contributed by atoms with van der Waals surface area (Å²) in [5.74, 6) is -0.0421. The molecule has 1 saturated heterocycles. The van der Waals surface area contributed by atoms with E-state index in [4.69, 9.17) is 4.74 Å². The van der Waals surface area contributed by atoms with Crippen LogP contribution in [-0.2, 0) is 9.53 Å². The van der Waals surface area contributed by atoms with Crippen LogP contribution >= 0.6 is 0 Å². The molecule has 0 spiro atoms. The summed E-state index contributed by atoms with van der Waals surface area (Å²) in [6, 6.07) is 3.72. The van der Waals surface area contributed by atoms with E-state index in [-0.39, 0.29) is 11.9 Å². The number of rotatable bonds is 4. The zero-order valence-corrected chi connectivity index (χ0v) is 15.2. The van der Waals surface area contributed by atoms with Gasteiger partial charge in [-0.25, -0.2) is 4.79 Å². The van der Waals surface area contributed by atoms with Crippen molar-refractivity contribution < 1.29 is 14.3 Å². The van der Waals surface area contributed by atoms with Crippen molar-refractivity contribution in [2.45, 2.75) is 51.7 Å². The lowest BCUT2D eigenvalue weighted by atomic mass is 10.0. The second kappa shape index (κ2) is 8.65. The molecule has 2 rings (SSSR count). The lowest BCUT2D eigenvalue weighted by molar-refractivity contribution is -0.129. The molecule has 1 fully saturated rings. The number of carbonyl (C=O) groups is 2. The Morgan fingerprint density at radius 2 is 2.20 bits per heavy atom. The highest BCUT2D eigenvalue weighted by atomic mass is 16.6. The molecule has 25 heavy (non-hydrogen) atoms. The molecule has 1 aliphatic rings. The van der Waals surface area contributed by atoms with E-state index in [9.17, 15) is 9.59 Å². The topological polar surface area (TPSA) is 71.5 Å². The van der Waals surface area contributed by atoms with Crippen LogP contribution in [0.3, 0.4) is 0 Å². The largest absolute Gasteiger partial charge is 0.444 e. The predicted octanol–water partition coefficient (Wildman–Crippen LogP) is 3.00. The third-order valence-electron chi connectivity index (χ3n) is 3.89. The van der Waals surface area contributed by atoms with Crippen LogP contribution in [0.15, 0.2) is 30.6 Å². The van der Waals surface area contributed by atoms with Gasteiger partial charge in [0.1, 0.15) is 5.60 Å². The molecule has 6 nitrogen and oxygen atoms in total. The molecule has 1 aliphatic heterocycles. The second-order valence-electron chi connectivity index (χ2n) is 7.18. The van der Waals surface area contributed by atoms with Gasteiger partial charge in [0.05, 0.1) is 0 Å². The molecule has 1 aromatic rings. The van der Waals surface area contributed by atoms with E-state index in [0.717, 1.165) is 24.8 Å². The van der Waals surface area contributed by atoms with Gasteiger partial charge in [0.2, 0.25) is 5.91 Å². The first kappa shape index (κ1) is 19.0. The number of aromatic nitrogens is 1. The van der Waals surface area contributed by atoms with Crippen molar-refractivity contribution in [2.75, 3.05) is 13.1 Å². The standard InChI is InChI=1S/C19H27N3O3/c1-19(2,3)25-18(24)21-14-16-8-4-5-12-22(16)17(23)10-9-15-7-6-11-20-13-15/h6-7,9-11,13,16H,4-5,8,12,14H2,1-3H3,(H,21,24). The van der Waals surface area contributed by atoms with Gasteiger partial charge in [-0.1, -0.05) is 6.07 Å². The van der Waals surface area contributed by atoms with E-state index < -0.39 is 11.7 Å². The maximum Gasteiger partial charge on any atom is 0.407 e. The Hall–Kier alpha value is -2.37. The first-order valence-corrected chi connectivity index (χ1v) is 8.71. The number of nitrogens with one attached hydrogen (secondary N) is 1. The number of piperidine rings is 1. The fourth-order valence-corrected chi connectivity index (χ4v) is 2.76. The monoisotopic (exact) mass is 345 g/mol. The van der Waals surface area contributed by atoms with Gasteiger partial charge in [0, 0.05) is 37.6 Å². The predicted molar refractivity (Wildman–Crippen MR) is 96.9 cm³/mol. The minimum absolute atomic E-state index is 0.00711. The number of amides is 2. The van der Waals surface area contributed by atoms with Crippen molar-refractivity contribution in [3.63, 3.8) is 0 Å². The van der Waals surface area contributed by atoms with E-state index >= 15 is 0 Å². The minimum Gasteiger partial charge on any atom is -0.444 e. The summed E-state index contributed by atoms with van der Waals surface area (Å²) in [5, 5.41) is 2.78. The molecule has 0 aromatic carbocycles. The molecular weight excluding hydrogens is 318 g/mol. The second-order valence-corrected chi connectivity index (χ2v) is 7.18. The number of ether oxygens (including phenoxy) is 1. The Labute approximate surface area is 149 Å². The van der Waals surface area contributed by atoms with Crippen LogP contribution in [0, 0.1) is 0 Å². The molecular formula is C19H27N3O3. The smallest absolute Gasteiger partial charge is 0.407 e. The van der Waals surface area contributed by atoms with E-state index in [1.54, 1.807) is 24.5 Å². The average Bonchev–Trinajstić information content (AvgIpc) is 2.57. The summed E-state index contributed by atoms with van der Waals surface area (Å²) in [5.41, 5.74) is 0.356. The van der Waals surface area contributed by atoms with Gasteiger partial charge in [-0.05, 0) is 57.7 Å². The highest BCUT2D eigenvalue weighted by Crippen LogP contribution is 2.17. The Morgan fingerprint density at radius 1 is 1.40 bits per heavy atom. The summed E-state index contributed by atoms with van der Waals surface area (Å²) < 4.78 is 5.26. The first-order valence-electron chi connectivity index (χ1n) is 8.71. The van der Waals surface area contributed by atoms with Gasteiger partial charge in [0.25, 0.3) is 0 Å². The SMILES string of the molecule is CC(C)(C)OC(=O)NCC1CCCCN1C(=O)C=Cc1cccnc1. The third kappa shape index (κ3) is 6.57. The zero-order valence-electron chi connectivity index (χ0n) is 15.2. The first-order chi connectivity index (χ1) is 11.8. The average molecular weight is 345 g/mol. The third-order valence-corrected chi connectivity index (χ3v) is 3.89. The van der Waals surface area contributed by atoms with E-state index in [0.29, 0.717) is 13.1 Å². The Bertz CT molecular complexity index is 608. The fraction of sp³-hybridized carbons (Fsp3) is 0.526. The summed E-state index contributed by atoms with van der Waals surface area (Å²) >= 11 is 0. The van der Waals surface area contributed by atoms with Gasteiger partial charge in [-0.2, -0.15) is 0 Å². The highest BCUT2D eigenvalue weighted by Gasteiger charge is 2.26. The molecule has 136 valence electrons. The molecule has 2 heterocycles. The quantitative estimate of drug-likeness (QED) is 0.852. The van der Waals surface area contributed by atoms with Crippen LogP contribution in [0.25, 0.3) is 6.08 Å². The van der Waals surface area contributed by atoms with Crippen molar-refractivity contribution >= 4 is 18.1 Å². The minimum atomic E-state index is -0.529. The van der Waals surface area contributed by atoms with Crippen molar-refractivity contribution in [1.82, 2.24) is 15.2 Å². The number of hydrogen-bond donors (Lipinski definition) is 1. The van der Waals surface area contributed by atoms with Gasteiger partial charge in [0.15, 0.2) is 0 Å². The summed E-state index contributed by atoms with van der Waals surface area (Å²) in [4.78, 5) is 30.2. The maximum absolute atomic E-state index is 12.5. The number of likely N-dealkylation sites (tertiary alicyclic amines) is 1. The van der Waals surface area contributed by atoms with Crippen molar-refractivity contribution in [3.05, 3.63) is 36.2 Å². The molecule has 6 heteroatoms.